The van der Waals surface area contributed by atoms with Crippen molar-refractivity contribution in [2.45, 2.75) is 13.5 Å². The number of nitrogens with zero attached hydrogens (tertiary/aromatic N) is 3. The Morgan fingerprint density at radius 2 is 1.95 bits per heavy atom. The minimum absolute atomic E-state index is 0. The first-order chi connectivity index (χ1) is 9.25. The molecule has 0 bridgehead atoms. The number of rotatable bonds is 3. The third-order valence-corrected chi connectivity index (χ3v) is 2.95. The van der Waals surface area contributed by atoms with E-state index < -0.39 is 0 Å². The van der Waals surface area contributed by atoms with E-state index in [4.69, 9.17) is 10.5 Å². The minimum atomic E-state index is 0. The molecule has 0 radical (unpaired) electrons. The minimum Gasteiger partial charge on any atom is -0.470 e. The summed E-state index contributed by atoms with van der Waals surface area (Å²) in [6.07, 6.45) is 3.44. The van der Waals surface area contributed by atoms with Crippen LogP contribution in [0.1, 0.15) is 11.3 Å². The number of aryl methyl sites for hydroxylation is 1. The third-order valence-electron chi connectivity index (χ3n) is 2.95. The number of ether oxygens (including phenoxy) is 1. The number of hydrogen-bond acceptors (Lipinski definition) is 4. The Bertz CT molecular complexity index is 716. The molecule has 112 valence electrons. The van der Waals surface area contributed by atoms with Gasteiger partial charge in [-0.3, -0.25) is 4.40 Å². The highest BCUT2D eigenvalue weighted by Gasteiger charge is 2.11. The molecular weight excluding hydrogens is 292 g/mol. The number of nitrogens with two attached hydrogens (primary N) is 1. The number of aromatic nitrogens is 3. The fourth-order valence-corrected chi connectivity index (χ4v) is 1.91. The van der Waals surface area contributed by atoms with Crippen LogP contribution in [0.2, 0.25) is 0 Å². The zero-order valence-electron chi connectivity index (χ0n) is 11.5. The van der Waals surface area contributed by atoms with Crippen LogP contribution < -0.4 is 10.5 Å². The fourth-order valence-electron chi connectivity index (χ4n) is 1.91. The summed E-state index contributed by atoms with van der Waals surface area (Å²) < 4.78 is 7.50. The Balaban J connectivity index is 0.00000110. The molecule has 0 saturated heterocycles. The summed E-state index contributed by atoms with van der Waals surface area (Å²) in [5.41, 5.74) is 8.44. The van der Waals surface area contributed by atoms with Gasteiger partial charge in [-0.15, -0.1) is 12.4 Å². The molecule has 1 aromatic carbocycles. The predicted octanol–water partition coefficient (Wildman–Crippen LogP) is 1.80. The topological polar surface area (TPSA) is 96.9 Å². The smallest absolute Gasteiger partial charge is 0.258 e. The first-order valence-electron chi connectivity index (χ1n) is 6.01. The Morgan fingerprint density at radius 1 is 1.24 bits per heavy atom. The van der Waals surface area contributed by atoms with Gasteiger partial charge in [-0.05, 0) is 12.5 Å². The van der Waals surface area contributed by atoms with Crippen LogP contribution in [0.25, 0.3) is 5.65 Å². The standard InChI is InChI=1S/C14H14N4O.ClH.H2O/c1-10-12(15)18-8-7-16-14(13(18)17-10)19-9-11-5-3-2-4-6-11;;/h2-8H,9,15H2,1H3;1H;1H2. The number of fused-ring (bicyclic) bond motifs is 1. The lowest BCUT2D eigenvalue weighted by Gasteiger charge is -2.06. The van der Waals surface area contributed by atoms with Crippen molar-refractivity contribution in [2.24, 2.45) is 0 Å². The average Bonchev–Trinajstić information content (AvgIpc) is 2.74. The van der Waals surface area contributed by atoms with Crippen molar-refractivity contribution in [3.63, 3.8) is 0 Å². The van der Waals surface area contributed by atoms with E-state index >= 15 is 0 Å². The quantitative estimate of drug-likeness (QED) is 0.797. The summed E-state index contributed by atoms with van der Waals surface area (Å²) in [5.74, 6) is 1.10. The van der Waals surface area contributed by atoms with Crippen LogP contribution in [0.4, 0.5) is 5.82 Å². The van der Waals surface area contributed by atoms with Crippen molar-refractivity contribution in [3.8, 4) is 5.88 Å². The van der Waals surface area contributed by atoms with Crippen molar-refractivity contribution in [3.05, 3.63) is 54.0 Å². The van der Waals surface area contributed by atoms with Gasteiger partial charge in [0.05, 0.1) is 5.69 Å². The number of anilines is 1. The maximum atomic E-state index is 5.93. The summed E-state index contributed by atoms with van der Waals surface area (Å²) in [6, 6.07) is 9.94. The predicted molar refractivity (Wildman–Crippen MR) is 83.8 cm³/mol. The van der Waals surface area contributed by atoms with Crippen LogP contribution in [-0.4, -0.2) is 19.8 Å². The van der Waals surface area contributed by atoms with Gasteiger partial charge in [0.15, 0.2) is 0 Å². The molecule has 6 nitrogen and oxygen atoms in total. The second-order valence-electron chi connectivity index (χ2n) is 4.28. The largest absolute Gasteiger partial charge is 0.470 e. The van der Waals surface area contributed by atoms with Gasteiger partial charge < -0.3 is 15.9 Å². The molecule has 0 amide bonds. The fraction of sp³-hybridized carbons (Fsp3) is 0.143. The molecule has 21 heavy (non-hydrogen) atoms. The summed E-state index contributed by atoms with van der Waals surface area (Å²) in [7, 11) is 0. The van der Waals surface area contributed by atoms with Crippen molar-refractivity contribution in [1.82, 2.24) is 14.4 Å². The Labute approximate surface area is 128 Å². The SMILES string of the molecule is Cc1nc2c(OCc3ccccc3)nccn2c1N.Cl.O. The molecule has 2 heterocycles. The maximum absolute atomic E-state index is 5.93. The van der Waals surface area contributed by atoms with E-state index in [0.29, 0.717) is 24.0 Å². The molecule has 0 atom stereocenters. The number of benzene rings is 1. The Morgan fingerprint density at radius 3 is 2.67 bits per heavy atom. The van der Waals surface area contributed by atoms with Crippen molar-refractivity contribution in [1.29, 1.82) is 0 Å². The van der Waals surface area contributed by atoms with Crippen LogP contribution >= 0.6 is 12.4 Å². The molecule has 0 aliphatic heterocycles. The van der Waals surface area contributed by atoms with E-state index in [1.807, 2.05) is 37.3 Å². The normalized spacial score (nSPS) is 9.76. The molecular formula is C14H17ClN4O2. The highest BCUT2D eigenvalue weighted by Crippen LogP contribution is 2.21. The molecule has 2 aromatic heterocycles. The van der Waals surface area contributed by atoms with Crippen LogP contribution in [-0.2, 0) is 6.61 Å². The van der Waals surface area contributed by atoms with Crippen LogP contribution in [0, 0.1) is 6.92 Å². The van der Waals surface area contributed by atoms with Gasteiger partial charge in [-0.2, -0.15) is 0 Å². The molecule has 0 aliphatic carbocycles. The molecule has 0 aliphatic rings. The van der Waals surface area contributed by atoms with Crippen molar-refractivity contribution < 1.29 is 10.2 Å². The number of imidazole rings is 1. The van der Waals surface area contributed by atoms with Gasteiger partial charge >= 0.3 is 0 Å². The maximum Gasteiger partial charge on any atom is 0.258 e. The zero-order valence-corrected chi connectivity index (χ0v) is 12.3. The van der Waals surface area contributed by atoms with E-state index in [9.17, 15) is 0 Å². The molecule has 3 aromatic rings. The van der Waals surface area contributed by atoms with Gasteiger partial charge in [0, 0.05) is 12.4 Å². The van der Waals surface area contributed by atoms with Crippen molar-refractivity contribution in [2.75, 3.05) is 5.73 Å². The van der Waals surface area contributed by atoms with Crippen LogP contribution in [0.3, 0.4) is 0 Å². The lowest BCUT2D eigenvalue weighted by atomic mass is 10.2. The van der Waals surface area contributed by atoms with E-state index in [1.54, 1.807) is 16.8 Å². The van der Waals surface area contributed by atoms with Gasteiger partial charge in [-0.1, -0.05) is 30.3 Å². The van der Waals surface area contributed by atoms with Gasteiger partial charge in [-0.25, -0.2) is 9.97 Å². The van der Waals surface area contributed by atoms with Crippen LogP contribution in [0.5, 0.6) is 5.88 Å². The molecule has 0 saturated carbocycles. The Hall–Kier alpha value is -2.31. The number of halogens is 1. The second kappa shape index (κ2) is 6.92. The first-order valence-corrected chi connectivity index (χ1v) is 6.01. The first kappa shape index (κ1) is 16.7. The lowest BCUT2D eigenvalue weighted by Crippen LogP contribution is -2.00. The van der Waals surface area contributed by atoms with E-state index in [0.717, 1.165) is 11.3 Å². The van der Waals surface area contributed by atoms with Gasteiger partial charge in [0.2, 0.25) is 5.65 Å². The number of hydrogen-bond donors (Lipinski definition) is 1. The van der Waals surface area contributed by atoms with E-state index in [1.165, 1.54) is 0 Å². The summed E-state index contributed by atoms with van der Waals surface area (Å²) in [6.45, 7) is 2.32. The second-order valence-corrected chi connectivity index (χ2v) is 4.28. The highest BCUT2D eigenvalue weighted by molar-refractivity contribution is 5.85. The highest BCUT2D eigenvalue weighted by atomic mass is 35.5. The molecule has 4 N–H and O–H groups in total. The summed E-state index contributed by atoms with van der Waals surface area (Å²) in [4.78, 5) is 8.59. The molecule has 3 rings (SSSR count). The van der Waals surface area contributed by atoms with Gasteiger partial charge in [0.25, 0.3) is 5.88 Å². The number of nitrogen functional groups attached to an aromatic ring is 1. The molecule has 0 spiro atoms. The molecule has 0 unspecified atom stereocenters. The van der Waals surface area contributed by atoms with Gasteiger partial charge in [0.1, 0.15) is 12.4 Å². The molecule has 7 heteroatoms. The van der Waals surface area contributed by atoms with Crippen LogP contribution in [0.15, 0.2) is 42.7 Å². The third kappa shape index (κ3) is 3.24. The lowest BCUT2D eigenvalue weighted by molar-refractivity contribution is 0.296. The van der Waals surface area contributed by atoms with Crippen molar-refractivity contribution >= 4 is 23.9 Å². The zero-order chi connectivity index (χ0) is 13.2. The average molecular weight is 309 g/mol. The van der Waals surface area contributed by atoms with E-state index in [-0.39, 0.29) is 17.9 Å². The molecule has 0 fully saturated rings. The Kier molecular flexibility index (Phi) is 5.52. The van der Waals surface area contributed by atoms with E-state index in [2.05, 4.69) is 9.97 Å². The summed E-state index contributed by atoms with van der Waals surface area (Å²) >= 11 is 0. The monoisotopic (exact) mass is 308 g/mol. The summed E-state index contributed by atoms with van der Waals surface area (Å²) in [5, 5.41) is 0.